The second-order valence-electron chi connectivity index (χ2n) is 7.60. The number of hydrogen-bond donors (Lipinski definition) is 3. The van der Waals surface area contributed by atoms with E-state index in [1.807, 2.05) is 0 Å². The number of carbonyl (C=O) groups is 1. The molecule has 2 aromatic rings. The Bertz CT molecular complexity index is 1040. The molecule has 2 aromatic carbocycles. The smallest absolute Gasteiger partial charge is 0.261 e. The number of ether oxygens (including phenoxy) is 1. The van der Waals surface area contributed by atoms with Crippen molar-refractivity contribution in [3.05, 3.63) is 59.7 Å². The van der Waals surface area contributed by atoms with Gasteiger partial charge in [0.1, 0.15) is 30.0 Å². The molecule has 0 bridgehead atoms. The highest BCUT2D eigenvalue weighted by Crippen LogP contribution is 2.31. The van der Waals surface area contributed by atoms with Crippen LogP contribution in [0, 0.1) is 11.6 Å². The molecule has 1 saturated heterocycles. The van der Waals surface area contributed by atoms with Crippen LogP contribution in [0.2, 0.25) is 0 Å². The molecule has 8 nitrogen and oxygen atoms in total. The van der Waals surface area contributed by atoms with Gasteiger partial charge in [-0.15, -0.1) is 0 Å². The van der Waals surface area contributed by atoms with Crippen molar-refractivity contribution in [2.75, 3.05) is 6.54 Å². The van der Waals surface area contributed by atoms with Gasteiger partial charge in [0.25, 0.3) is 5.91 Å². The molecule has 0 aliphatic carbocycles. The van der Waals surface area contributed by atoms with E-state index >= 15 is 0 Å². The second-order valence-corrected chi connectivity index (χ2v) is 9.49. The molecule has 11 heteroatoms. The Morgan fingerprint density at radius 2 is 1.84 bits per heavy atom. The highest BCUT2D eigenvalue weighted by Gasteiger charge is 2.44. The predicted octanol–water partition coefficient (Wildman–Crippen LogP) is 1.95. The third-order valence-electron chi connectivity index (χ3n) is 5.02. The minimum atomic E-state index is -4.12. The van der Waals surface area contributed by atoms with Crippen molar-refractivity contribution in [1.29, 1.82) is 0 Å². The fraction of sp³-hybridized carbons (Fsp3) is 0.350. The van der Waals surface area contributed by atoms with Crippen LogP contribution in [-0.2, 0) is 21.4 Å². The van der Waals surface area contributed by atoms with Crippen LogP contribution in [0.1, 0.15) is 25.3 Å². The van der Waals surface area contributed by atoms with Crippen LogP contribution in [0.5, 0.6) is 5.75 Å². The van der Waals surface area contributed by atoms with Gasteiger partial charge in [-0.1, -0.05) is 0 Å². The van der Waals surface area contributed by atoms with E-state index in [0.717, 1.165) is 22.5 Å². The monoisotopic (exact) mass is 456 g/mol. The van der Waals surface area contributed by atoms with Crippen molar-refractivity contribution >= 4 is 15.9 Å². The summed E-state index contributed by atoms with van der Waals surface area (Å²) >= 11 is 0. The zero-order chi connectivity index (χ0) is 22.8. The number of aliphatic hydroxyl groups is 1. The Morgan fingerprint density at radius 3 is 2.42 bits per heavy atom. The van der Waals surface area contributed by atoms with Gasteiger partial charge in [0, 0.05) is 19.0 Å². The van der Waals surface area contributed by atoms with Gasteiger partial charge in [0.2, 0.25) is 10.0 Å². The lowest BCUT2D eigenvalue weighted by molar-refractivity contribution is -0.137. The van der Waals surface area contributed by atoms with Crippen LogP contribution < -0.4 is 10.2 Å². The molecule has 0 saturated carbocycles. The van der Waals surface area contributed by atoms with Gasteiger partial charge in [-0.25, -0.2) is 22.7 Å². The van der Waals surface area contributed by atoms with Crippen LogP contribution in [0.15, 0.2) is 47.4 Å². The molecule has 1 heterocycles. The van der Waals surface area contributed by atoms with Crippen molar-refractivity contribution in [3.8, 4) is 5.75 Å². The van der Waals surface area contributed by atoms with Gasteiger partial charge in [0.15, 0.2) is 0 Å². The summed E-state index contributed by atoms with van der Waals surface area (Å²) < 4.78 is 59.0. The van der Waals surface area contributed by atoms with E-state index in [1.165, 1.54) is 36.7 Å². The van der Waals surface area contributed by atoms with Gasteiger partial charge in [-0.2, -0.15) is 4.31 Å². The average Bonchev–Trinajstić information content (AvgIpc) is 2.70. The Hall–Kier alpha value is -2.60. The molecule has 3 rings (SSSR count). The second kappa shape index (κ2) is 8.87. The van der Waals surface area contributed by atoms with Crippen LogP contribution in [0.4, 0.5) is 8.78 Å². The number of nitrogens with one attached hydrogen (secondary N) is 1. The van der Waals surface area contributed by atoms with Crippen molar-refractivity contribution in [2.24, 2.45) is 0 Å². The molecule has 1 amide bonds. The lowest BCUT2D eigenvalue weighted by Crippen LogP contribution is -2.57. The van der Waals surface area contributed by atoms with Crippen molar-refractivity contribution in [2.45, 2.75) is 42.9 Å². The molecule has 31 heavy (non-hydrogen) atoms. The Balaban J connectivity index is 1.76. The number of nitrogens with zero attached hydrogens (tertiary/aromatic N) is 1. The molecular formula is C20H22F2N2O6S. The summed E-state index contributed by atoms with van der Waals surface area (Å²) in [6.07, 6.45) is -0.0587. The fourth-order valence-electron chi connectivity index (χ4n) is 3.42. The van der Waals surface area contributed by atoms with Crippen molar-refractivity contribution in [1.82, 2.24) is 9.79 Å². The number of piperidine rings is 1. The Morgan fingerprint density at radius 1 is 1.23 bits per heavy atom. The molecule has 168 valence electrons. The maximum absolute atomic E-state index is 13.3. The number of benzene rings is 2. The van der Waals surface area contributed by atoms with Crippen molar-refractivity contribution in [3.63, 3.8) is 0 Å². The molecule has 0 radical (unpaired) electrons. The maximum atomic E-state index is 13.3. The first-order valence-electron chi connectivity index (χ1n) is 9.38. The van der Waals surface area contributed by atoms with Crippen LogP contribution in [-0.4, -0.2) is 47.1 Å². The number of carbonyl (C=O) groups excluding carboxylic acids is 1. The van der Waals surface area contributed by atoms with Crippen molar-refractivity contribution < 1.29 is 37.0 Å². The first kappa shape index (κ1) is 23.1. The summed E-state index contributed by atoms with van der Waals surface area (Å²) in [7, 11) is -4.12. The number of sulfonamides is 1. The summed E-state index contributed by atoms with van der Waals surface area (Å²) in [4.78, 5) is 11.9. The lowest BCUT2D eigenvalue weighted by Gasteiger charge is -2.40. The van der Waals surface area contributed by atoms with E-state index in [2.05, 4.69) is 0 Å². The molecular weight excluding hydrogens is 434 g/mol. The summed E-state index contributed by atoms with van der Waals surface area (Å²) in [6.45, 7) is 1.25. The number of halogens is 2. The van der Waals surface area contributed by atoms with Gasteiger partial charge >= 0.3 is 0 Å². The van der Waals surface area contributed by atoms with E-state index in [0.29, 0.717) is 0 Å². The first-order valence-corrected chi connectivity index (χ1v) is 10.8. The third kappa shape index (κ3) is 5.37. The predicted molar refractivity (Wildman–Crippen MR) is 105 cm³/mol. The van der Waals surface area contributed by atoms with E-state index in [9.17, 15) is 27.1 Å². The maximum Gasteiger partial charge on any atom is 0.261 e. The molecule has 0 spiro atoms. The van der Waals surface area contributed by atoms with Gasteiger partial charge in [-0.3, -0.25) is 10.0 Å². The Kier molecular flexibility index (Phi) is 6.60. The van der Waals surface area contributed by atoms with Crippen LogP contribution in [0.3, 0.4) is 0 Å². The van der Waals surface area contributed by atoms with Gasteiger partial charge in [0.05, 0.1) is 10.5 Å². The average molecular weight is 456 g/mol. The largest absolute Gasteiger partial charge is 0.489 e. The molecule has 0 aromatic heterocycles. The van der Waals surface area contributed by atoms with E-state index in [4.69, 9.17) is 9.94 Å². The minimum Gasteiger partial charge on any atom is -0.489 e. The number of hydrogen-bond acceptors (Lipinski definition) is 6. The highest BCUT2D eigenvalue weighted by molar-refractivity contribution is 7.89. The minimum absolute atomic E-state index is 0.114. The van der Waals surface area contributed by atoms with E-state index in [-0.39, 0.29) is 42.2 Å². The van der Waals surface area contributed by atoms with E-state index in [1.54, 1.807) is 0 Å². The molecule has 1 aliphatic rings. The molecule has 3 N–H and O–H groups in total. The third-order valence-corrected chi connectivity index (χ3v) is 6.94. The van der Waals surface area contributed by atoms with Crippen LogP contribution in [0.25, 0.3) is 0 Å². The topological polar surface area (TPSA) is 116 Å². The number of rotatable bonds is 6. The quantitative estimate of drug-likeness (QED) is 0.452. The number of amides is 1. The molecule has 2 atom stereocenters. The summed E-state index contributed by atoms with van der Waals surface area (Å²) in [6, 6.07) is 7.02. The summed E-state index contributed by atoms with van der Waals surface area (Å²) in [5.74, 6) is -2.13. The summed E-state index contributed by atoms with van der Waals surface area (Å²) in [5, 5.41) is 19.2. The zero-order valence-corrected chi connectivity index (χ0v) is 17.4. The molecule has 1 aliphatic heterocycles. The van der Waals surface area contributed by atoms with Gasteiger partial charge < -0.3 is 9.84 Å². The van der Waals surface area contributed by atoms with Crippen LogP contribution >= 0.6 is 0 Å². The normalized spacial score (nSPS) is 22.2. The highest BCUT2D eigenvalue weighted by atomic mass is 32.2. The fourth-order valence-corrected chi connectivity index (χ4v) is 5.00. The molecule has 1 fully saturated rings. The first-order chi connectivity index (χ1) is 14.5. The SMILES string of the molecule is C[C@]1(O)CCN(S(=O)(=O)c2ccc(OCc3cc(F)cc(F)c3)cc2)[C@@H](C(=O)NO)C1. The Labute approximate surface area is 178 Å². The number of hydroxylamine groups is 1. The lowest BCUT2D eigenvalue weighted by atomic mass is 9.89. The van der Waals surface area contributed by atoms with E-state index < -0.39 is 39.2 Å². The van der Waals surface area contributed by atoms with Gasteiger partial charge in [-0.05, 0) is 55.3 Å². The summed E-state index contributed by atoms with van der Waals surface area (Å²) in [5.41, 5.74) is 0.464. The standard InChI is InChI=1S/C20H22F2N2O6S/c1-20(26)6-7-24(18(11-20)19(25)23-27)31(28,29)17-4-2-16(3-5-17)30-12-13-8-14(21)10-15(22)9-13/h2-5,8-10,18,26-27H,6-7,11-12H2,1H3,(H,23,25)/t18-,20+/m1/s1. The zero-order valence-electron chi connectivity index (χ0n) is 16.6. The molecule has 0 unspecified atom stereocenters.